The Morgan fingerprint density at radius 2 is 1.87 bits per heavy atom. The number of fused-ring (bicyclic) bond motifs is 1. The topological polar surface area (TPSA) is 121 Å². The first kappa shape index (κ1) is 28.0. The van der Waals surface area contributed by atoms with Gasteiger partial charge >= 0.3 is 11.9 Å². The maximum Gasteiger partial charge on any atom is 0.338 e. The number of hydrogen-bond donors (Lipinski definition) is 2. The van der Waals surface area contributed by atoms with Crippen molar-refractivity contribution in [2.75, 3.05) is 14.2 Å². The van der Waals surface area contributed by atoms with Crippen molar-refractivity contribution in [1.29, 1.82) is 0 Å². The van der Waals surface area contributed by atoms with Crippen LogP contribution in [0.15, 0.2) is 70.2 Å². The molecule has 0 aliphatic carbocycles. The van der Waals surface area contributed by atoms with E-state index in [1.807, 2.05) is 0 Å². The Bertz CT molecular complexity index is 1540. The van der Waals surface area contributed by atoms with E-state index in [1.54, 1.807) is 60.1 Å². The van der Waals surface area contributed by atoms with Gasteiger partial charge in [0.25, 0.3) is 0 Å². The number of benzene rings is 3. The summed E-state index contributed by atoms with van der Waals surface area (Å²) in [5, 5.41) is 9.39. The number of aryl methyl sites for hydroxylation is 1. The van der Waals surface area contributed by atoms with Gasteiger partial charge in [0, 0.05) is 21.0 Å². The zero-order chi connectivity index (χ0) is 28.3. The van der Waals surface area contributed by atoms with Crippen molar-refractivity contribution in [2.45, 2.75) is 25.9 Å². The number of nitrogens with two attached hydrogens (primary N) is 2. The molecule has 0 radical (unpaired) electrons. The van der Waals surface area contributed by atoms with Crippen molar-refractivity contribution in [3.05, 3.63) is 93.1 Å². The van der Waals surface area contributed by atoms with Crippen molar-refractivity contribution < 1.29 is 23.0 Å². The number of rotatable bonds is 8. The number of halogens is 3. The Morgan fingerprint density at radius 3 is 2.51 bits per heavy atom. The maximum absolute atomic E-state index is 15.8. The monoisotopic (exact) mass is 600 g/mol. The third kappa shape index (κ3) is 5.57. The first-order chi connectivity index (χ1) is 18.6. The third-order valence-corrected chi connectivity index (χ3v) is 7.06. The second-order valence-corrected chi connectivity index (χ2v) is 9.59. The van der Waals surface area contributed by atoms with Crippen LogP contribution >= 0.6 is 15.9 Å². The highest BCUT2D eigenvalue weighted by atomic mass is 79.9. The van der Waals surface area contributed by atoms with Crippen LogP contribution in [0.25, 0.3) is 10.9 Å². The lowest BCUT2D eigenvalue weighted by Crippen LogP contribution is -2.46. The molecule has 0 aliphatic rings. The maximum atomic E-state index is 15.8. The van der Waals surface area contributed by atoms with Crippen molar-refractivity contribution in [2.24, 2.45) is 16.8 Å². The number of carbonyl (C=O) groups is 1. The van der Waals surface area contributed by atoms with Crippen LogP contribution in [0.1, 0.15) is 32.7 Å². The summed E-state index contributed by atoms with van der Waals surface area (Å²) in [5.41, 5.74) is 2.30. The SMILES string of the molecule is COC(=O)c1cccc(Br)c1Cn1nc(C)c2ccc(C(F)(F)/C(=N/N)N(N)Cc3ccc(OC)cc3)cc21. The summed E-state index contributed by atoms with van der Waals surface area (Å²) in [7, 11) is 2.83. The summed E-state index contributed by atoms with van der Waals surface area (Å²) in [6.07, 6.45) is 0. The van der Waals surface area contributed by atoms with Crippen LogP contribution in [-0.4, -0.2) is 40.8 Å². The van der Waals surface area contributed by atoms with Gasteiger partial charge in [-0.15, -0.1) is 0 Å². The Labute approximate surface area is 232 Å². The summed E-state index contributed by atoms with van der Waals surface area (Å²) in [6, 6.07) is 16.1. The highest BCUT2D eigenvalue weighted by Gasteiger charge is 2.42. The largest absolute Gasteiger partial charge is 0.497 e. The van der Waals surface area contributed by atoms with E-state index in [-0.39, 0.29) is 18.7 Å². The lowest BCUT2D eigenvalue weighted by Gasteiger charge is -2.26. The molecule has 12 heteroatoms. The molecule has 1 heterocycles. The lowest BCUT2D eigenvalue weighted by molar-refractivity contribution is 0.0582. The molecule has 0 unspecified atom stereocenters. The number of hydrazone groups is 1. The van der Waals surface area contributed by atoms with Crippen LogP contribution in [0.3, 0.4) is 0 Å². The Morgan fingerprint density at radius 1 is 1.15 bits per heavy atom. The molecular formula is C27H27BrF2N6O3. The molecule has 0 saturated heterocycles. The van der Waals surface area contributed by atoms with Crippen LogP contribution in [0.4, 0.5) is 8.78 Å². The molecule has 0 spiro atoms. The van der Waals surface area contributed by atoms with Crippen molar-refractivity contribution in [3.63, 3.8) is 0 Å². The third-order valence-electron chi connectivity index (χ3n) is 6.32. The molecule has 0 atom stereocenters. The Kier molecular flexibility index (Phi) is 8.17. The molecule has 0 aliphatic heterocycles. The number of aromatic nitrogens is 2. The zero-order valence-corrected chi connectivity index (χ0v) is 23.1. The number of alkyl halides is 2. The molecule has 39 heavy (non-hydrogen) atoms. The summed E-state index contributed by atoms with van der Waals surface area (Å²) in [5.74, 6) is 7.12. The predicted molar refractivity (Wildman–Crippen MR) is 147 cm³/mol. The van der Waals surface area contributed by atoms with Crippen LogP contribution in [0.2, 0.25) is 0 Å². The number of carbonyl (C=O) groups excluding carboxylic acids is 1. The molecule has 0 saturated carbocycles. The quantitative estimate of drug-likeness (QED) is 0.0989. The van der Waals surface area contributed by atoms with Crippen molar-refractivity contribution >= 4 is 38.6 Å². The fraction of sp³-hybridized carbons (Fsp3) is 0.222. The average molecular weight is 601 g/mol. The smallest absolute Gasteiger partial charge is 0.338 e. The summed E-state index contributed by atoms with van der Waals surface area (Å²) >= 11 is 3.47. The minimum Gasteiger partial charge on any atom is -0.497 e. The number of hydrazine groups is 1. The molecule has 204 valence electrons. The first-order valence-corrected chi connectivity index (χ1v) is 12.5. The van der Waals surface area contributed by atoms with Crippen LogP contribution in [0, 0.1) is 6.92 Å². The van der Waals surface area contributed by atoms with Gasteiger partial charge in [-0.25, -0.2) is 10.6 Å². The van der Waals surface area contributed by atoms with Gasteiger partial charge in [0.15, 0.2) is 0 Å². The number of hydrogen-bond acceptors (Lipinski definition) is 7. The fourth-order valence-corrected chi connectivity index (χ4v) is 4.78. The van der Waals surface area contributed by atoms with E-state index in [9.17, 15) is 4.79 Å². The predicted octanol–water partition coefficient (Wildman–Crippen LogP) is 4.69. The van der Waals surface area contributed by atoms with Gasteiger partial charge in [-0.1, -0.05) is 46.3 Å². The molecule has 1 aromatic heterocycles. The lowest BCUT2D eigenvalue weighted by atomic mass is 10.0. The number of amidine groups is 1. The number of ether oxygens (including phenoxy) is 2. The molecule has 3 aromatic carbocycles. The second kappa shape index (κ2) is 11.4. The van der Waals surface area contributed by atoms with Gasteiger partial charge in [0.1, 0.15) is 5.75 Å². The molecule has 0 amide bonds. The Balaban J connectivity index is 1.70. The van der Waals surface area contributed by atoms with Gasteiger partial charge in [-0.2, -0.15) is 19.0 Å². The normalized spacial score (nSPS) is 12.0. The van der Waals surface area contributed by atoms with Gasteiger partial charge in [0.2, 0.25) is 5.84 Å². The van der Waals surface area contributed by atoms with E-state index >= 15 is 8.78 Å². The van der Waals surface area contributed by atoms with Crippen molar-refractivity contribution in [1.82, 2.24) is 14.8 Å². The van der Waals surface area contributed by atoms with E-state index in [0.29, 0.717) is 43.5 Å². The molecular weight excluding hydrogens is 574 g/mol. The van der Waals surface area contributed by atoms with Gasteiger partial charge in [-0.3, -0.25) is 9.69 Å². The standard InChI is InChI=1S/C27H27BrF2N6O3/c1-16-20-12-9-18(27(29,30)26(33-31)35(32)14-17-7-10-19(38-2)11-8-17)13-24(20)36(34-16)15-22-21(25(37)39-3)5-4-6-23(22)28/h4-13H,14-15,31-32H2,1-3H3/b33-26-. The van der Waals surface area contributed by atoms with E-state index in [4.69, 9.17) is 21.2 Å². The minimum atomic E-state index is -3.63. The first-order valence-electron chi connectivity index (χ1n) is 11.7. The van der Waals surface area contributed by atoms with Gasteiger partial charge in [0.05, 0.1) is 44.1 Å². The van der Waals surface area contributed by atoms with E-state index in [1.165, 1.54) is 26.4 Å². The second-order valence-electron chi connectivity index (χ2n) is 8.74. The van der Waals surface area contributed by atoms with Crippen LogP contribution < -0.4 is 16.4 Å². The van der Waals surface area contributed by atoms with Gasteiger partial charge in [-0.05, 0) is 42.8 Å². The fourth-order valence-electron chi connectivity index (χ4n) is 4.29. The van der Waals surface area contributed by atoms with E-state index in [0.717, 1.165) is 5.01 Å². The summed E-state index contributed by atoms with van der Waals surface area (Å²) in [6.45, 7) is 1.85. The van der Waals surface area contributed by atoms with Crippen molar-refractivity contribution in [3.8, 4) is 5.75 Å². The molecule has 4 aromatic rings. The van der Waals surface area contributed by atoms with E-state index < -0.39 is 17.7 Å². The molecule has 4 rings (SSSR count). The van der Waals surface area contributed by atoms with Gasteiger partial charge < -0.3 is 15.3 Å². The number of esters is 1. The molecule has 0 fully saturated rings. The number of methoxy groups -OCH3 is 2. The summed E-state index contributed by atoms with van der Waals surface area (Å²) in [4.78, 5) is 12.3. The number of nitrogens with zero attached hydrogens (tertiary/aromatic N) is 4. The van der Waals surface area contributed by atoms with Crippen LogP contribution in [-0.2, 0) is 23.7 Å². The average Bonchev–Trinajstić information content (AvgIpc) is 3.24. The molecule has 0 bridgehead atoms. The highest BCUT2D eigenvalue weighted by molar-refractivity contribution is 9.10. The zero-order valence-electron chi connectivity index (χ0n) is 21.5. The Hall–Kier alpha value is -4.03. The highest BCUT2D eigenvalue weighted by Crippen LogP contribution is 2.34. The van der Waals surface area contributed by atoms with Crippen LogP contribution in [0.5, 0.6) is 5.75 Å². The minimum absolute atomic E-state index is 0.0623. The van der Waals surface area contributed by atoms with E-state index in [2.05, 4.69) is 26.1 Å². The molecule has 9 nitrogen and oxygen atoms in total. The summed E-state index contributed by atoms with van der Waals surface area (Å²) < 4.78 is 43.9. The molecule has 4 N–H and O–H groups in total.